The summed E-state index contributed by atoms with van der Waals surface area (Å²) in [6, 6.07) is 6.44. The molecule has 0 bridgehead atoms. The van der Waals surface area contributed by atoms with E-state index in [1.165, 1.54) is 6.07 Å². The van der Waals surface area contributed by atoms with Crippen molar-refractivity contribution in [2.24, 2.45) is 10.6 Å². The van der Waals surface area contributed by atoms with Gasteiger partial charge in [-0.15, -0.1) is 0 Å². The van der Waals surface area contributed by atoms with E-state index in [1.807, 2.05) is 6.92 Å². The first kappa shape index (κ1) is 20.3. The molecule has 28 heavy (non-hydrogen) atoms. The number of carbonyl (C=O) groups is 2. The second-order valence-electron chi connectivity index (χ2n) is 7.43. The number of benzene rings is 1. The van der Waals surface area contributed by atoms with Crippen molar-refractivity contribution in [1.29, 1.82) is 0 Å². The molecule has 3 rings (SSSR count). The molecule has 0 saturated carbocycles. The van der Waals surface area contributed by atoms with Gasteiger partial charge in [0.25, 0.3) is 0 Å². The summed E-state index contributed by atoms with van der Waals surface area (Å²) in [5.74, 6) is -0.612. The molecular weight excluding hydrogens is 363 g/mol. The summed E-state index contributed by atoms with van der Waals surface area (Å²) in [5.41, 5.74) is 0.144. The molecule has 1 saturated heterocycles. The predicted molar refractivity (Wildman–Crippen MR) is 102 cm³/mol. The van der Waals surface area contributed by atoms with Crippen LogP contribution in [0.3, 0.4) is 0 Å². The van der Waals surface area contributed by atoms with Crippen LogP contribution in [0.5, 0.6) is 0 Å². The Balaban J connectivity index is 1.75. The SMILES string of the molecule is CCOC(=O)[C@]1(C[C@H]2CC(c3ccccc3F)=NO2)CCCN(C(=O)CC)C1. The van der Waals surface area contributed by atoms with Gasteiger partial charge in [-0.1, -0.05) is 30.3 Å². The normalized spacial score (nSPS) is 24.5. The van der Waals surface area contributed by atoms with Gasteiger partial charge in [-0.05, 0) is 25.8 Å². The van der Waals surface area contributed by atoms with Crippen molar-refractivity contribution < 1.29 is 23.6 Å². The molecule has 0 spiro atoms. The zero-order chi connectivity index (χ0) is 20.1. The zero-order valence-corrected chi connectivity index (χ0v) is 16.4. The highest BCUT2D eigenvalue weighted by atomic mass is 19.1. The number of amides is 1. The van der Waals surface area contributed by atoms with E-state index in [-0.39, 0.29) is 30.4 Å². The number of ether oxygens (including phenoxy) is 1. The molecule has 0 radical (unpaired) electrons. The smallest absolute Gasteiger partial charge is 0.314 e. The molecule has 1 aromatic carbocycles. The number of carbonyl (C=O) groups excluding carboxylic acids is 2. The van der Waals surface area contributed by atoms with Gasteiger partial charge in [0.2, 0.25) is 5.91 Å². The largest absolute Gasteiger partial charge is 0.466 e. The average molecular weight is 390 g/mol. The molecule has 1 fully saturated rings. The van der Waals surface area contributed by atoms with E-state index in [1.54, 1.807) is 30.0 Å². The standard InChI is InChI=1S/C21H27FN2O4/c1-3-19(25)24-11-7-10-21(14-24,20(26)27-4-2)13-15-12-18(23-28-15)16-8-5-6-9-17(16)22/h5-6,8-9,15H,3-4,7,10-14H2,1-2H3/t15-,21+/m1/s1. The monoisotopic (exact) mass is 390 g/mol. The van der Waals surface area contributed by atoms with Crippen LogP contribution in [0.2, 0.25) is 0 Å². The van der Waals surface area contributed by atoms with Crippen molar-refractivity contribution in [2.45, 2.75) is 52.1 Å². The van der Waals surface area contributed by atoms with Gasteiger partial charge in [-0.2, -0.15) is 0 Å². The van der Waals surface area contributed by atoms with Gasteiger partial charge in [0, 0.05) is 37.9 Å². The van der Waals surface area contributed by atoms with Gasteiger partial charge in [-0.3, -0.25) is 9.59 Å². The van der Waals surface area contributed by atoms with E-state index in [2.05, 4.69) is 5.16 Å². The van der Waals surface area contributed by atoms with Gasteiger partial charge < -0.3 is 14.5 Å². The lowest BCUT2D eigenvalue weighted by Gasteiger charge is -2.41. The van der Waals surface area contributed by atoms with Crippen LogP contribution in [-0.4, -0.2) is 48.3 Å². The lowest BCUT2D eigenvalue weighted by Crippen LogP contribution is -2.51. The Labute approximate surface area is 164 Å². The molecule has 7 heteroatoms. The molecule has 152 valence electrons. The fourth-order valence-electron chi connectivity index (χ4n) is 4.10. The van der Waals surface area contributed by atoms with E-state index in [9.17, 15) is 14.0 Å². The Kier molecular flexibility index (Phi) is 6.31. The van der Waals surface area contributed by atoms with Gasteiger partial charge in [-0.25, -0.2) is 4.39 Å². The Morgan fingerprint density at radius 2 is 2.14 bits per heavy atom. The maximum Gasteiger partial charge on any atom is 0.314 e. The zero-order valence-electron chi connectivity index (χ0n) is 16.4. The minimum atomic E-state index is -0.816. The summed E-state index contributed by atoms with van der Waals surface area (Å²) in [5, 5.41) is 4.06. The lowest BCUT2D eigenvalue weighted by molar-refractivity contribution is -0.163. The van der Waals surface area contributed by atoms with Crippen LogP contribution < -0.4 is 0 Å². The van der Waals surface area contributed by atoms with E-state index < -0.39 is 5.41 Å². The van der Waals surface area contributed by atoms with Crippen molar-refractivity contribution in [2.75, 3.05) is 19.7 Å². The highest BCUT2D eigenvalue weighted by molar-refractivity contribution is 6.01. The fraction of sp³-hybridized carbons (Fsp3) is 0.571. The summed E-state index contributed by atoms with van der Waals surface area (Å²) in [4.78, 5) is 32.4. The third-order valence-electron chi connectivity index (χ3n) is 5.48. The van der Waals surface area contributed by atoms with Crippen molar-refractivity contribution in [3.8, 4) is 0 Å². The van der Waals surface area contributed by atoms with Crippen molar-refractivity contribution in [3.63, 3.8) is 0 Å². The molecule has 2 aliphatic rings. The topological polar surface area (TPSA) is 68.2 Å². The molecule has 1 amide bonds. The number of oxime groups is 1. The van der Waals surface area contributed by atoms with E-state index in [0.717, 1.165) is 6.42 Å². The van der Waals surface area contributed by atoms with Gasteiger partial charge in [0.05, 0.1) is 17.7 Å². The van der Waals surface area contributed by atoms with Gasteiger partial charge in [0.15, 0.2) is 0 Å². The molecule has 0 N–H and O–H groups in total. The minimum absolute atomic E-state index is 0.0315. The molecular formula is C21H27FN2O4. The van der Waals surface area contributed by atoms with Crippen molar-refractivity contribution >= 4 is 17.6 Å². The number of piperidine rings is 1. The number of nitrogens with zero attached hydrogens (tertiary/aromatic N) is 2. The Morgan fingerprint density at radius 3 is 2.86 bits per heavy atom. The van der Waals surface area contributed by atoms with E-state index in [4.69, 9.17) is 9.57 Å². The predicted octanol–water partition coefficient (Wildman–Crippen LogP) is 3.29. The maximum absolute atomic E-state index is 14.1. The second-order valence-corrected chi connectivity index (χ2v) is 7.43. The van der Waals surface area contributed by atoms with Crippen LogP contribution in [-0.2, 0) is 19.2 Å². The molecule has 0 aliphatic carbocycles. The van der Waals surface area contributed by atoms with Crippen LogP contribution in [0, 0.1) is 11.2 Å². The molecule has 0 unspecified atom stereocenters. The second kappa shape index (κ2) is 8.71. The number of esters is 1. The summed E-state index contributed by atoms with van der Waals surface area (Å²) in [7, 11) is 0. The summed E-state index contributed by atoms with van der Waals surface area (Å²) >= 11 is 0. The summed E-state index contributed by atoms with van der Waals surface area (Å²) in [6.07, 6.45) is 2.23. The van der Waals surface area contributed by atoms with Crippen LogP contribution >= 0.6 is 0 Å². The highest BCUT2D eigenvalue weighted by Gasteiger charge is 2.47. The summed E-state index contributed by atoms with van der Waals surface area (Å²) in [6.45, 7) is 4.85. The Hall–Kier alpha value is -2.44. The Bertz CT molecular complexity index is 767. The molecule has 6 nitrogen and oxygen atoms in total. The van der Waals surface area contributed by atoms with Crippen LogP contribution in [0.4, 0.5) is 4.39 Å². The van der Waals surface area contributed by atoms with E-state index in [0.29, 0.717) is 50.0 Å². The van der Waals surface area contributed by atoms with Crippen LogP contribution in [0.25, 0.3) is 0 Å². The fourth-order valence-corrected chi connectivity index (χ4v) is 4.10. The number of rotatable bonds is 6. The van der Waals surface area contributed by atoms with Crippen molar-refractivity contribution in [3.05, 3.63) is 35.6 Å². The van der Waals surface area contributed by atoms with Gasteiger partial charge in [0.1, 0.15) is 11.9 Å². The van der Waals surface area contributed by atoms with Crippen LogP contribution in [0.15, 0.2) is 29.4 Å². The minimum Gasteiger partial charge on any atom is -0.466 e. The number of hydrogen-bond acceptors (Lipinski definition) is 5. The van der Waals surface area contributed by atoms with Crippen molar-refractivity contribution in [1.82, 2.24) is 4.90 Å². The van der Waals surface area contributed by atoms with E-state index >= 15 is 0 Å². The lowest BCUT2D eigenvalue weighted by atomic mass is 9.74. The third kappa shape index (κ3) is 4.18. The van der Waals surface area contributed by atoms with Gasteiger partial charge >= 0.3 is 5.97 Å². The number of hydrogen-bond donors (Lipinski definition) is 0. The average Bonchev–Trinajstić information content (AvgIpc) is 3.16. The highest BCUT2D eigenvalue weighted by Crippen LogP contribution is 2.39. The number of halogens is 1. The molecule has 2 aliphatic heterocycles. The third-order valence-corrected chi connectivity index (χ3v) is 5.48. The molecule has 0 aromatic heterocycles. The first-order valence-corrected chi connectivity index (χ1v) is 9.91. The first-order chi connectivity index (χ1) is 13.5. The summed E-state index contributed by atoms with van der Waals surface area (Å²) < 4.78 is 19.4. The molecule has 2 atom stereocenters. The molecule has 1 aromatic rings. The first-order valence-electron chi connectivity index (χ1n) is 9.91. The Morgan fingerprint density at radius 1 is 1.36 bits per heavy atom. The molecule has 2 heterocycles. The number of likely N-dealkylation sites (tertiary alicyclic amines) is 1. The maximum atomic E-state index is 14.1. The quantitative estimate of drug-likeness (QED) is 0.699. The van der Waals surface area contributed by atoms with Crippen LogP contribution in [0.1, 0.15) is 51.5 Å².